The summed E-state index contributed by atoms with van der Waals surface area (Å²) in [5, 5.41) is 0. The van der Waals surface area contributed by atoms with Crippen molar-refractivity contribution in [1.29, 1.82) is 0 Å². The monoisotopic (exact) mass is 522 g/mol. The average molecular weight is 523 g/mol. The molecule has 0 unspecified atom stereocenters. The lowest BCUT2D eigenvalue weighted by molar-refractivity contribution is 1.60. The van der Waals surface area contributed by atoms with E-state index in [2.05, 4.69) is 134 Å². The van der Waals surface area contributed by atoms with Crippen molar-refractivity contribution in [1.82, 2.24) is 0 Å². The number of rotatable bonds is 7. The maximum absolute atomic E-state index is 3.84. The van der Waals surface area contributed by atoms with E-state index in [0.717, 1.165) is 11.1 Å². The highest BCUT2D eigenvalue weighted by Crippen LogP contribution is 2.41. The predicted molar refractivity (Wildman–Crippen MR) is 170 cm³/mol. The van der Waals surface area contributed by atoms with Gasteiger partial charge in [-0.2, -0.15) is 0 Å². The smallest absolute Gasteiger partial charge is 0.0449 e. The van der Waals surface area contributed by atoms with Gasteiger partial charge in [-0.25, -0.2) is 0 Å². The Morgan fingerprint density at radius 2 is 0.579 bits per heavy atom. The third-order valence-corrected chi connectivity index (χ3v) is 9.22. The molecule has 0 bridgehead atoms. The van der Waals surface area contributed by atoms with Crippen molar-refractivity contribution >= 4 is 34.8 Å². The lowest BCUT2D eigenvalue weighted by Gasteiger charge is -2.04. The van der Waals surface area contributed by atoms with Gasteiger partial charge < -0.3 is 0 Å². The van der Waals surface area contributed by atoms with Crippen LogP contribution in [0.25, 0.3) is 65.0 Å². The Hall–Kier alpha value is -4.24. The number of benzene rings is 4. The molecule has 2 aromatic heterocycles. The van der Waals surface area contributed by atoms with Gasteiger partial charge in [-0.3, -0.25) is 0 Å². The second kappa shape index (κ2) is 10.6. The first-order chi connectivity index (χ1) is 18.7. The summed E-state index contributed by atoms with van der Waals surface area (Å²) in [6, 6.07) is 43.7. The third kappa shape index (κ3) is 4.97. The van der Waals surface area contributed by atoms with Crippen molar-refractivity contribution in [3.05, 3.63) is 146 Å². The largest absolute Gasteiger partial charge is 0.134 e. The van der Waals surface area contributed by atoms with E-state index in [0.29, 0.717) is 0 Å². The van der Waals surface area contributed by atoms with Crippen LogP contribution in [0.2, 0.25) is 0 Å². The molecule has 0 atom stereocenters. The topological polar surface area (TPSA) is 0 Å². The van der Waals surface area contributed by atoms with E-state index in [-0.39, 0.29) is 0 Å². The van der Waals surface area contributed by atoms with Crippen molar-refractivity contribution in [3.63, 3.8) is 0 Å². The molecule has 0 aliphatic carbocycles. The Labute approximate surface area is 232 Å². The molecule has 6 rings (SSSR count). The van der Waals surface area contributed by atoms with Gasteiger partial charge in [-0.05, 0) is 68.8 Å². The Balaban J connectivity index is 1.18. The van der Waals surface area contributed by atoms with E-state index in [1.165, 1.54) is 52.9 Å². The van der Waals surface area contributed by atoms with Gasteiger partial charge in [0.1, 0.15) is 0 Å². The van der Waals surface area contributed by atoms with Crippen LogP contribution in [0.1, 0.15) is 11.1 Å². The minimum absolute atomic E-state index is 1.14. The van der Waals surface area contributed by atoms with E-state index >= 15 is 0 Å². The molecule has 0 N–H and O–H groups in total. The SMILES string of the molecule is C=Cc1ccc(-c2ccc(-c3ccc(-c4ccc(-c5ccc(-c6ccc(C=C)cc6)cc5)s4)s3)cc2)cc1. The van der Waals surface area contributed by atoms with Gasteiger partial charge in [-0.15, -0.1) is 22.7 Å². The van der Waals surface area contributed by atoms with Crippen molar-refractivity contribution in [3.8, 4) is 52.9 Å². The lowest BCUT2D eigenvalue weighted by atomic mass is 10.0. The maximum atomic E-state index is 3.84. The average Bonchev–Trinajstić information content (AvgIpc) is 3.68. The van der Waals surface area contributed by atoms with Gasteiger partial charge in [-0.1, -0.05) is 122 Å². The second-order valence-corrected chi connectivity index (χ2v) is 11.3. The minimum Gasteiger partial charge on any atom is -0.134 e. The van der Waals surface area contributed by atoms with Gasteiger partial charge in [0, 0.05) is 19.5 Å². The molecule has 0 amide bonds. The minimum atomic E-state index is 1.14. The quantitative estimate of drug-likeness (QED) is 0.196. The maximum Gasteiger partial charge on any atom is 0.0449 e. The zero-order valence-electron chi connectivity index (χ0n) is 20.9. The van der Waals surface area contributed by atoms with Gasteiger partial charge in [0.15, 0.2) is 0 Å². The molecule has 0 aliphatic heterocycles. The summed E-state index contributed by atoms with van der Waals surface area (Å²) in [5.41, 5.74) is 9.67. The fourth-order valence-corrected chi connectivity index (χ4v) is 6.64. The van der Waals surface area contributed by atoms with Crippen LogP contribution >= 0.6 is 22.7 Å². The Morgan fingerprint density at radius 3 is 0.895 bits per heavy atom. The van der Waals surface area contributed by atoms with Crippen molar-refractivity contribution in [2.24, 2.45) is 0 Å². The highest BCUT2D eigenvalue weighted by atomic mass is 32.1. The molecule has 38 heavy (non-hydrogen) atoms. The van der Waals surface area contributed by atoms with Crippen LogP contribution in [-0.2, 0) is 0 Å². The van der Waals surface area contributed by atoms with Crippen LogP contribution in [0, 0.1) is 0 Å². The number of thiophene rings is 2. The fourth-order valence-electron chi connectivity index (χ4n) is 4.53. The summed E-state index contributed by atoms with van der Waals surface area (Å²) in [6.45, 7) is 7.67. The van der Waals surface area contributed by atoms with E-state index in [9.17, 15) is 0 Å². The van der Waals surface area contributed by atoms with E-state index in [4.69, 9.17) is 0 Å². The van der Waals surface area contributed by atoms with Crippen LogP contribution in [0.4, 0.5) is 0 Å². The zero-order valence-corrected chi connectivity index (χ0v) is 22.6. The van der Waals surface area contributed by atoms with Crippen molar-refractivity contribution < 1.29 is 0 Å². The molecular formula is C36H26S2. The lowest BCUT2D eigenvalue weighted by Crippen LogP contribution is -1.79. The molecule has 0 fully saturated rings. The molecule has 4 aromatic carbocycles. The molecule has 182 valence electrons. The predicted octanol–water partition coefficient (Wildman–Crippen LogP) is 11.4. The standard InChI is InChI=1S/C36H26S2/c1-3-25-5-9-27(10-6-25)29-13-17-31(18-14-29)33-21-23-35(37-33)36-24-22-34(38-36)32-19-15-30(16-20-32)28-11-7-26(4-2)8-12-28/h3-24H,1-2H2. The molecular weight excluding hydrogens is 497 g/mol. The van der Waals surface area contributed by atoms with Crippen LogP contribution in [0.3, 0.4) is 0 Å². The van der Waals surface area contributed by atoms with Gasteiger partial charge in [0.25, 0.3) is 0 Å². The molecule has 2 heteroatoms. The Bertz CT molecular complexity index is 1560. The molecule has 6 aromatic rings. The molecule has 0 nitrogen and oxygen atoms in total. The molecule has 0 saturated heterocycles. The summed E-state index contributed by atoms with van der Waals surface area (Å²) >= 11 is 3.70. The van der Waals surface area contributed by atoms with Gasteiger partial charge in [0.05, 0.1) is 0 Å². The van der Waals surface area contributed by atoms with Crippen LogP contribution < -0.4 is 0 Å². The third-order valence-electron chi connectivity index (χ3n) is 6.75. The Kier molecular flexibility index (Phi) is 6.75. The number of hydrogen-bond acceptors (Lipinski definition) is 2. The summed E-state index contributed by atoms with van der Waals surface area (Å²) in [6.07, 6.45) is 3.75. The van der Waals surface area contributed by atoms with Crippen LogP contribution in [0.5, 0.6) is 0 Å². The van der Waals surface area contributed by atoms with Crippen LogP contribution in [0.15, 0.2) is 134 Å². The summed E-state index contributed by atoms with van der Waals surface area (Å²) in [7, 11) is 0. The van der Waals surface area contributed by atoms with E-state index in [1.807, 2.05) is 34.8 Å². The van der Waals surface area contributed by atoms with E-state index < -0.39 is 0 Å². The first-order valence-electron chi connectivity index (χ1n) is 12.6. The van der Waals surface area contributed by atoms with Gasteiger partial charge in [0.2, 0.25) is 0 Å². The van der Waals surface area contributed by atoms with Crippen molar-refractivity contribution in [2.75, 3.05) is 0 Å². The fraction of sp³-hybridized carbons (Fsp3) is 0. The summed E-state index contributed by atoms with van der Waals surface area (Å²) in [4.78, 5) is 5.18. The zero-order chi connectivity index (χ0) is 25.9. The normalized spacial score (nSPS) is 10.8. The van der Waals surface area contributed by atoms with Crippen molar-refractivity contribution in [2.45, 2.75) is 0 Å². The first-order valence-corrected chi connectivity index (χ1v) is 14.2. The van der Waals surface area contributed by atoms with Crippen LogP contribution in [-0.4, -0.2) is 0 Å². The summed E-state index contributed by atoms with van der Waals surface area (Å²) in [5.74, 6) is 0. The second-order valence-electron chi connectivity index (χ2n) is 9.13. The highest BCUT2D eigenvalue weighted by molar-refractivity contribution is 7.25. The molecule has 0 saturated carbocycles. The Morgan fingerprint density at radius 1 is 0.316 bits per heavy atom. The first kappa shape index (κ1) is 24.1. The number of hydrogen-bond donors (Lipinski definition) is 0. The molecule has 0 aliphatic rings. The molecule has 0 radical (unpaired) electrons. The summed E-state index contributed by atoms with van der Waals surface area (Å²) < 4.78 is 0. The van der Waals surface area contributed by atoms with E-state index in [1.54, 1.807) is 0 Å². The van der Waals surface area contributed by atoms with Gasteiger partial charge >= 0.3 is 0 Å². The molecule has 2 heterocycles. The molecule has 0 spiro atoms. The highest BCUT2D eigenvalue weighted by Gasteiger charge is 2.10.